The molecule has 0 aliphatic carbocycles. The molecule has 0 radical (unpaired) electrons. The van der Waals surface area contributed by atoms with E-state index in [9.17, 15) is 18.0 Å². The number of hydrogen-bond acceptors (Lipinski definition) is 4. The predicted octanol–water partition coefficient (Wildman–Crippen LogP) is 5.44. The van der Waals surface area contributed by atoms with E-state index >= 15 is 0 Å². The van der Waals surface area contributed by atoms with Gasteiger partial charge in [0.1, 0.15) is 12.6 Å². The summed E-state index contributed by atoms with van der Waals surface area (Å²) >= 11 is 12.7. The molecule has 0 spiro atoms. The molecule has 202 valence electrons. The molecule has 3 rings (SSSR count). The van der Waals surface area contributed by atoms with Crippen LogP contribution in [0.15, 0.2) is 77.7 Å². The molecule has 3 aromatic carbocycles. The van der Waals surface area contributed by atoms with Crippen LogP contribution in [0.4, 0.5) is 5.69 Å². The van der Waals surface area contributed by atoms with E-state index in [1.807, 2.05) is 38.1 Å². The minimum absolute atomic E-state index is 0.00249. The summed E-state index contributed by atoms with van der Waals surface area (Å²) in [5, 5.41) is 2.94. The van der Waals surface area contributed by atoms with Crippen LogP contribution in [0.5, 0.6) is 0 Å². The Morgan fingerprint density at radius 2 is 1.58 bits per heavy atom. The molecule has 1 atom stereocenters. The number of carbonyl (C=O) groups excluding carboxylic acids is 2. The average molecular weight is 577 g/mol. The number of amides is 2. The molecule has 0 unspecified atom stereocenters. The van der Waals surface area contributed by atoms with Gasteiger partial charge in [-0.25, -0.2) is 8.42 Å². The molecular weight excluding hydrogens is 545 g/mol. The van der Waals surface area contributed by atoms with Crippen LogP contribution in [-0.2, 0) is 26.2 Å². The Kier molecular flexibility index (Phi) is 10.2. The average Bonchev–Trinajstić information content (AvgIpc) is 2.90. The highest BCUT2D eigenvalue weighted by molar-refractivity contribution is 7.92. The summed E-state index contributed by atoms with van der Waals surface area (Å²) in [7, 11) is -4.22. The Labute approximate surface area is 234 Å². The number of halogens is 2. The molecule has 0 aliphatic rings. The number of nitrogens with zero attached hydrogens (tertiary/aromatic N) is 2. The second-order valence-electron chi connectivity index (χ2n) is 8.66. The monoisotopic (exact) mass is 575 g/mol. The number of sulfonamides is 1. The predicted molar refractivity (Wildman–Crippen MR) is 152 cm³/mol. The number of benzene rings is 3. The van der Waals surface area contributed by atoms with Gasteiger partial charge in [0.2, 0.25) is 11.8 Å². The lowest BCUT2D eigenvalue weighted by Gasteiger charge is -2.33. The van der Waals surface area contributed by atoms with Crippen LogP contribution in [0.25, 0.3) is 0 Å². The van der Waals surface area contributed by atoms with E-state index in [1.165, 1.54) is 29.2 Å². The van der Waals surface area contributed by atoms with E-state index < -0.39 is 28.5 Å². The summed E-state index contributed by atoms with van der Waals surface area (Å²) in [5.41, 5.74) is 1.86. The van der Waals surface area contributed by atoms with E-state index in [2.05, 4.69) is 5.32 Å². The first-order valence-electron chi connectivity index (χ1n) is 12.2. The number of hydrogen-bond donors (Lipinski definition) is 1. The molecule has 0 saturated heterocycles. The highest BCUT2D eigenvalue weighted by Gasteiger charge is 2.34. The molecule has 0 saturated carbocycles. The highest BCUT2D eigenvalue weighted by atomic mass is 35.5. The summed E-state index contributed by atoms with van der Waals surface area (Å²) in [4.78, 5) is 28.4. The van der Waals surface area contributed by atoms with Gasteiger partial charge < -0.3 is 10.2 Å². The van der Waals surface area contributed by atoms with Crippen LogP contribution in [0.1, 0.15) is 31.4 Å². The Morgan fingerprint density at radius 1 is 0.921 bits per heavy atom. The topological polar surface area (TPSA) is 86.8 Å². The van der Waals surface area contributed by atoms with E-state index in [4.69, 9.17) is 23.2 Å². The maximum atomic E-state index is 14.0. The zero-order valence-corrected chi connectivity index (χ0v) is 23.9. The van der Waals surface area contributed by atoms with Crippen molar-refractivity contribution in [2.24, 2.45) is 0 Å². The fourth-order valence-electron chi connectivity index (χ4n) is 4.10. The molecule has 0 bridgehead atoms. The minimum atomic E-state index is -4.22. The van der Waals surface area contributed by atoms with Crippen molar-refractivity contribution < 1.29 is 18.0 Å². The van der Waals surface area contributed by atoms with Crippen LogP contribution in [-0.4, -0.2) is 44.3 Å². The smallest absolute Gasteiger partial charge is 0.264 e. The molecule has 3 aromatic rings. The van der Waals surface area contributed by atoms with Crippen molar-refractivity contribution in [3.8, 4) is 0 Å². The first-order chi connectivity index (χ1) is 18.1. The highest BCUT2D eigenvalue weighted by Crippen LogP contribution is 2.35. The third kappa shape index (κ3) is 6.67. The summed E-state index contributed by atoms with van der Waals surface area (Å²) in [6.45, 7) is 5.47. The van der Waals surface area contributed by atoms with Crippen LogP contribution >= 0.6 is 23.2 Å². The SMILES string of the molecule is CCNC(=O)[C@H](CC)N(Cc1ccccc1C)C(=O)CN(c1cccc(Cl)c1Cl)S(=O)(=O)c1ccccc1. The summed E-state index contributed by atoms with van der Waals surface area (Å²) in [5.74, 6) is -0.864. The van der Waals surface area contributed by atoms with E-state index in [0.717, 1.165) is 15.4 Å². The van der Waals surface area contributed by atoms with E-state index in [0.29, 0.717) is 13.0 Å². The molecule has 10 heteroatoms. The number of likely N-dealkylation sites (N-methyl/N-ethyl adjacent to an activating group) is 1. The van der Waals surface area contributed by atoms with Crippen molar-refractivity contribution in [3.05, 3.63) is 94.0 Å². The lowest BCUT2D eigenvalue weighted by atomic mass is 10.1. The Bertz CT molecular complexity index is 1380. The van der Waals surface area contributed by atoms with Gasteiger partial charge in [-0.2, -0.15) is 0 Å². The number of anilines is 1. The lowest BCUT2D eigenvalue weighted by molar-refractivity contribution is -0.140. The Balaban J connectivity index is 2.11. The largest absolute Gasteiger partial charge is 0.355 e. The van der Waals surface area contributed by atoms with Gasteiger partial charge in [-0.3, -0.25) is 13.9 Å². The van der Waals surface area contributed by atoms with Crippen molar-refractivity contribution in [3.63, 3.8) is 0 Å². The standard InChI is InChI=1S/C28H31Cl2N3O4S/c1-4-24(28(35)31-5-2)32(18-21-13-10-9-12-20(21)3)26(34)19-33(25-17-11-16-23(29)27(25)30)38(36,37)22-14-7-6-8-15-22/h6-17,24H,4-5,18-19H2,1-3H3,(H,31,35)/t24-/m0/s1. The second kappa shape index (κ2) is 13.1. The molecular formula is C28H31Cl2N3O4S. The fraction of sp³-hybridized carbons (Fsp3) is 0.286. The molecule has 1 N–H and O–H groups in total. The zero-order valence-electron chi connectivity index (χ0n) is 21.5. The summed E-state index contributed by atoms with van der Waals surface area (Å²) in [6, 6.07) is 19.1. The Morgan fingerprint density at radius 3 is 2.21 bits per heavy atom. The molecule has 0 fully saturated rings. The van der Waals surface area contributed by atoms with E-state index in [1.54, 1.807) is 31.2 Å². The molecule has 7 nitrogen and oxygen atoms in total. The summed E-state index contributed by atoms with van der Waals surface area (Å²) < 4.78 is 28.6. The van der Waals surface area contributed by atoms with Gasteiger partial charge in [-0.05, 0) is 55.7 Å². The maximum Gasteiger partial charge on any atom is 0.264 e. The zero-order chi connectivity index (χ0) is 27.9. The summed E-state index contributed by atoms with van der Waals surface area (Å²) in [6.07, 6.45) is 0.340. The first-order valence-corrected chi connectivity index (χ1v) is 14.4. The number of nitrogens with one attached hydrogen (secondary N) is 1. The van der Waals surface area contributed by atoms with Crippen molar-refractivity contribution in [1.82, 2.24) is 10.2 Å². The van der Waals surface area contributed by atoms with E-state index in [-0.39, 0.29) is 33.1 Å². The third-order valence-electron chi connectivity index (χ3n) is 6.15. The molecule has 2 amide bonds. The molecule has 0 aromatic heterocycles. The van der Waals surface area contributed by atoms with Gasteiger partial charge in [0, 0.05) is 13.1 Å². The molecule has 0 aliphatic heterocycles. The van der Waals surface area contributed by atoms with Crippen molar-refractivity contribution >= 4 is 50.7 Å². The van der Waals surface area contributed by atoms with Crippen molar-refractivity contribution in [1.29, 1.82) is 0 Å². The van der Waals surface area contributed by atoms with Crippen molar-refractivity contribution in [2.75, 3.05) is 17.4 Å². The Hall–Kier alpha value is -3.07. The molecule has 0 heterocycles. The fourth-order valence-corrected chi connectivity index (χ4v) is 6.00. The quantitative estimate of drug-likeness (QED) is 0.330. The maximum absolute atomic E-state index is 14.0. The van der Waals surface area contributed by atoms with Gasteiger partial charge in [0.25, 0.3) is 10.0 Å². The number of rotatable bonds is 11. The third-order valence-corrected chi connectivity index (χ3v) is 8.73. The first kappa shape index (κ1) is 29.5. The number of carbonyl (C=O) groups is 2. The van der Waals surface area contributed by atoms with Crippen LogP contribution < -0.4 is 9.62 Å². The van der Waals surface area contributed by atoms with Crippen LogP contribution in [0, 0.1) is 6.92 Å². The van der Waals surface area contributed by atoms with Gasteiger partial charge >= 0.3 is 0 Å². The normalized spacial score (nSPS) is 12.0. The van der Waals surface area contributed by atoms with Gasteiger partial charge in [-0.1, -0.05) is 78.7 Å². The van der Waals surface area contributed by atoms with Gasteiger partial charge in [0.05, 0.1) is 20.6 Å². The second-order valence-corrected chi connectivity index (χ2v) is 11.3. The van der Waals surface area contributed by atoms with Gasteiger partial charge in [-0.15, -0.1) is 0 Å². The minimum Gasteiger partial charge on any atom is -0.355 e. The number of aryl methyl sites for hydroxylation is 1. The van der Waals surface area contributed by atoms with Crippen LogP contribution in [0.2, 0.25) is 10.0 Å². The van der Waals surface area contributed by atoms with Crippen molar-refractivity contribution in [2.45, 2.75) is 44.7 Å². The van der Waals surface area contributed by atoms with Gasteiger partial charge in [0.15, 0.2) is 0 Å². The van der Waals surface area contributed by atoms with Crippen LogP contribution in [0.3, 0.4) is 0 Å². The molecule has 38 heavy (non-hydrogen) atoms. The lowest BCUT2D eigenvalue weighted by Crippen LogP contribution is -2.52.